The molecule has 0 atom stereocenters. The number of H-pyrrole nitrogens is 1. The van der Waals surface area contributed by atoms with E-state index < -0.39 is 15.7 Å². The average molecular weight is 306 g/mol. The molecular formula is C14H11FN2O3S. The summed E-state index contributed by atoms with van der Waals surface area (Å²) in [5.41, 5.74) is 0.894. The number of aromatic amines is 1. The number of benzene rings is 2. The van der Waals surface area contributed by atoms with E-state index in [1.807, 2.05) is 0 Å². The molecule has 2 aromatic carbocycles. The third-order valence-corrected chi connectivity index (χ3v) is 4.22. The summed E-state index contributed by atoms with van der Waals surface area (Å²) in [6.07, 6.45) is 1.11. The number of halogens is 1. The molecule has 0 radical (unpaired) electrons. The molecule has 5 nitrogen and oxygen atoms in total. The van der Waals surface area contributed by atoms with Crippen molar-refractivity contribution < 1.29 is 17.9 Å². The fourth-order valence-electron chi connectivity index (χ4n) is 2.08. The normalized spacial score (nSPS) is 11.9. The summed E-state index contributed by atoms with van der Waals surface area (Å²) in [6.45, 7) is 0. The summed E-state index contributed by atoms with van der Waals surface area (Å²) in [5, 5.41) is 9.76. The molecule has 3 rings (SSSR count). The van der Waals surface area contributed by atoms with Gasteiger partial charge in [0.2, 0.25) is 0 Å². The molecule has 0 amide bonds. The number of fused-ring (bicyclic) bond motifs is 1. The standard InChI is InChI=1S/C14H11FN2O3S/c1-21(19,20)8-5-6-10-11(7-8)17-14(16-10)13-9(15)3-2-4-12(13)18/h2-7,18H,1H3,(H,16,17). The van der Waals surface area contributed by atoms with Gasteiger partial charge >= 0.3 is 0 Å². The van der Waals surface area contributed by atoms with Crippen molar-refractivity contribution in [2.75, 3.05) is 6.26 Å². The maximum atomic E-state index is 13.8. The molecule has 0 bridgehead atoms. The summed E-state index contributed by atoms with van der Waals surface area (Å²) in [6, 6.07) is 8.35. The van der Waals surface area contributed by atoms with E-state index in [2.05, 4.69) is 9.97 Å². The highest BCUT2D eigenvalue weighted by Gasteiger charge is 2.15. The molecule has 0 spiro atoms. The van der Waals surface area contributed by atoms with Crippen LogP contribution < -0.4 is 0 Å². The van der Waals surface area contributed by atoms with Crippen LogP contribution in [-0.2, 0) is 9.84 Å². The highest BCUT2D eigenvalue weighted by molar-refractivity contribution is 7.90. The summed E-state index contributed by atoms with van der Waals surface area (Å²) in [7, 11) is -3.34. The van der Waals surface area contributed by atoms with Crippen molar-refractivity contribution in [3.05, 3.63) is 42.2 Å². The highest BCUT2D eigenvalue weighted by atomic mass is 32.2. The van der Waals surface area contributed by atoms with Gasteiger partial charge in [0.25, 0.3) is 0 Å². The van der Waals surface area contributed by atoms with Crippen molar-refractivity contribution in [1.82, 2.24) is 9.97 Å². The van der Waals surface area contributed by atoms with E-state index in [9.17, 15) is 17.9 Å². The molecule has 0 unspecified atom stereocenters. The number of sulfone groups is 1. The minimum atomic E-state index is -3.34. The van der Waals surface area contributed by atoms with Gasteiger partial charge in [0.05, 0.1) is 21.5 Å². The Balaban J connectivity index is 2.23. The number of aromatic hydroxyl groups is 1. The molecular weight excluding hydrogens is 295 g/mol. The van der Waals surface area contributed by atoms with Crippen LogP contribution in [0.25, 0.3) is 22.4 Å². The average Bonchev–Trinajstić information content (AvgIpc) is 2.79. The van der Waals surface area contributed by atoms with Gasteiger partial charge in [-0.1, -0.05) is 6.07 Å². The maximum absolute atomic E-state index is 13.8. The van der Waals surface area contributed by atoms with Crippen molar-refractivity contribution in [3.63, 3.8) is 0 Å². The van der Waals surface area contributed by atoms with E-state index >= 15 is 0 Å². The molecule has 0 aliphatic rings. The molecule has 0 aliphatic heterocycles. The van der Waals surface area contributed by atoms with Crippen LogP contribution >= 0.6 is 0 Å². The number of hydrogen-bond donors (Lipinski definition) is 2. The van der Waals surface area contributed by atoms with E-state index in [0.29, 0.717) is 11.0 Å². The number of nitrogens with one attached hydrogen (secondary N) is 1. The molecule has 7 heteroatoms. The third-order valence-electron chi connectivity index (χ3n) is 3.11. The Morgan fingerprint density at radius 2 is 2.00 bits per heavy atom. The first-order chi connectivity index (χ1) is 9.86. The Morgan fingerprint density at radius 1 is 1.24 bits per heavy atom. The van der Waals surface area contributed by atoms with E-state index in [-0.39, 0.29) is 22.0 Å². The molecule has 0 saturated heterocycles. The van der Waals surface area contributed by atoms with E-state index in [4.69, 9.17) is 0 Å². The van der Waals surface area contributed by atoms with E-state index in [0.717, 1.165) is 6.26 Å². The molecule has 3 aromatic rings. The molecule has 21 heavy (non-hydrogen) atoms. The molecule has 0 saturated carbocycles. The first kappa shape index (κ1) is 13.6. The van der Waals surface area contributed by atoms with Crippen molar-refractivity contribution in [3.8, 4) is 17.1 Å². The first-order valence-corrected chi connectivity index (χ1v) is 7.93. The number of imidazole rings is 1. The Kier molecular flexibility index (Phi) is 2.94. The monoisotopic (exact) mass is 306 g/mol. The van der Waals surface area contributed by atoms with Gasteiger partial charge in [-0.15, -0.1) is 0 Å². The van der Waals surface area contributed by atoms with Crippen LogP contribution in [0.1, 0.15) is 0 Å². The number of nitrogens with zero attached hydrogens (tertiary/aromatic N) is 1. The summed E-state index contributed by atoms with van der Waals surface area (Å²) in [5.74, 6) is -0.707. The maximum Gasteiger partial charge on any atom is 0.175 e. The van der Waals surface area contributed by atoms with Crippen molar-refractivity contribution in [2.24, 2.45) is 0 Å². The Morgan fingerprint density at radius 3 is 2.67 bits per heavy atom. The minimum Gasteiger partial charge on any atom is -0.507 e. The van der Waals surface area contributed by atoms with Crippen molar-refractivity contribution in [1.29, 1.82) is 0 Å². The summed E-state index contributed by atoms with van der Waals surface area (Å²) < 4.78 is 36.9. The molecule has 0 aliphatic carbocycles. The number of aromatic nitrogens is 2. The molecule has 2 N–H and O–H groups in total. The topological polar surface area (TPSA) is 83.1 Å². The van der Waals surface area contributed by atoms with Crippen molar-refractivity contribution >= 4 is 20.9 Å². The Bertz CT molecular complexity index is 928. The predicted octanol–water partition coefficient (Wildman–Crippen LogP) is 2.48. The molecule has 1 heterocycles. The second kappa shape index (κ2) is 4.56. The first-order valence-electron chi connectivity index (χ1n) is 6.04. The lowest BCUT2D eigenvalue weighted by Gasteiger charge is -2.01. The Hall–Kier alpha value is -2.41. The van der Waals surface area contributed by atoms with Gasteiger partial charge in [-0.05, 0) is 30.3 Å². The minimum absolute atomic E-state index is 0.0467. The zero-order valence-electron chi connectivity index (χ0n) is 11.0. The van der Waals surface area contributed by atoms with E-state index in [1.54, 1.807) is 0 Å². The van der Waals surface area contributed by atoms with E-state index in [1.165, 1.54) is 36.4 Å². The van der Waals surface area contributed by atoms with Crippen LogP contribution in [0.5, 0.6) is 5.75 Å². The quantitative estimate of drug-likeness (QED) is 0.762. The van der Waals surface area contributed by atoms with Crippen molar-refractivity contribution in [2.45, 2.75) is 4.90 Å². The second-order valence-electron chi connectivity index (χ2n) is 4.67. The number of hydrogen-bond acceptors (Lipinski definition) is 4. The van der Waals surface area contributed by atoms with Gasteiger partial charge in [-0.2, -0.15) is 0 Å². The van der Waals surface area contributed by atoms with Gasteiger partial charge < -0.3 is 10.1 Å². The summed E-state index contributed by atoms with van der Waals surface area (Å²) >= 11 is 0. The SMILES string of the molecule is CS(=O)(=O)c1ccc2nc(-c3c(O)cccc3F)[nH]c2c1. The summed E-state index contributed by atoms with van der Waals surface area (Å²) in [4.78, 5) is 7.15. The highest BCUT2D eigenvalue weighted by Crippen LogP contribution is 2.31. The zero-order chi connectivity index (χ0) is 15.2. The zero-order valence-corrected chi connectivity index (χ0v) is 11.8. The van der Waals surface area contributed by atoms with Gasteiger partial charge in [-0.3, -0.25) is 0 Å². The second-order valence-corrected chi connectivity index (χ2v) is 6.69. The van der Waals surface area contributed by atoms with Gasteiger partial charge in [0.15, 0.2) is 9.84 Å². The van der Waals surface area contributed by atoms with Crippen LogP contribution in [0.3, 0.4) is 0 Å². The largest absolute Gasteiger partial charge is 0.507 e. The Labute approximate surface area is 120 Å². The molecule has 0 fully saturated rings. The van der Waals surface area contributed by atoms with Crippen LogP contribution in [0.15, 0.2) is 41.3 Å². The van der Waals surface area contributed by atoms with Crippen LogP contribution in [-0.4, -0.2) is 29.7 Å². The predicted molar refractivity (Wildman–Crippen MR) is 76.3 cm³/mol. The molecule has 108 valence electrons. The number of phenolic OH excluding ortho intramolecular Hbond substituents is 1. The van der Waals surface area contributed by atoms with Gasteiger partial charge in [0, 0.05) is 6.26 Å². The number of phenols is 1. The lowest BCUT2D eigenvalue weighted by atomic mass is 10.2. The lowest BCUT2D eigenvalue weighted by Crippen LogP contribution is -1.96. The lowest BCUT2D eigenvalue weighted by molar-refractivity contribution is 0.471. The smallest absolute Gasteiger partial charge is 0.175 e. The fourth-order valence-corrected chi connectivity index (χ4v) is 2.73. The van der Waals surface area contributed by atoms with Crippen LogP contribution in [0.2, 0.25) is 0 Å². The van der Waals surface area contributed by atoms with Crippen LogP contribution in [0.4, 0.5) is 4.39 Å². The third kappa shape index (κ3) is 2.36. The van der Waals surface area contributed by atoms with Gasteiger partial charge in [0.1, 0.15) is 17.4 Å². The fraction of sp³-hybridized carbons (Fsp3) is 0.0714. The number of rotatable bonds is 2. The van der Waals surface area contributed by atoms with Crippen LogP contribution in [0, 0.1) is 5.82 Å². The van der Waals surface area contributed by atoms with Gasteiger partial charge in [-0.25, -0.2) is 17.8 Å². The molecule has 1 aromatic heterocycles.